The Morgan fingerprint density at radius 1 is 1.10 bits per heavy atom. The first-order valence-corrected chi connectivity index (χ1v) is 8.74. The topological polar surface area (TPSA) is 3.24 Å². The molecule has 1 aromatic carbocycles. The van der Waals surface area contributed by atoms with Gasteiger partial charge >= 0.3 is 0 Å². The average molecular weight is 292 g/mol. The van der Waals surface area contributed by atoms with Gasteiger partial charge in [-0.2, -0.15) is 0 Å². The van der Waals surface area contributed by atoms with Gasteiger partial charge in [0.15, 0.2) is 0 Å². The van der Waals surface area contributed by atoms with Crippen molar-refractivity contribution in [2.24, 2.45) is 0 Å². The molecule has 0 radical (unpaired) electrons. The third kappa shape index (κ3) is 2.70. The number of benzene rings is 1. The van der Waals surface area contributed by atoms with Crippen molar-refractivity contribution in [1.29, 1.82) is 0 Å². The van der Waals surface area contributed by atoms with Crippen LogP contribution < -0.4 is 4.90 Å². The second kappa shape index (κ2) is 6.39. The Morgan fingerprint density at radius 2 is 1.85 bits per heavy atom. The molecule has 0 N–H and O–H groups in total. The van der Waals surface area contributed by atoms with Crippen LogP contribution in [0.15, 0.2) is 18.2 Å². The molecule has 0 aromatic heterocycles. The van der Waals surface area contributed by atoms with E-state index in [1.54, 1.807) is 0 Å². The molecule has 0 spiro atoms. The summed E-state index contributed by atoms with van der Waals surface area (Å²) in [5.41, 5.74) is 2.85. The van der Waals surface area contributed by atoms with E-state index < -0.39 is 0 Å². The molecule has 1 nitrogen and oxygen atoms in total. The maximum Gasteiger partial charge on any atom is 0.0458 e. The van der Waals surface area contributed by atoms with Crippen LogP contribution >= 0.6 is 11.6 Å². The fraction of sp³-hybridized carbons (Fsp3) is 0.667. The Hall–Kier alpha value is -0.690. The predicted octanol–water partition coefficient (Wildman–Crippen LogP) is 5.59. The van der Waals surface area contributed by atoms with Crippen LogP contribution in [-0.4, -0.2) is 12.1 Å². The molecule has 1 aromatic rings. The van der Waals surface area contributed by atoms with Gasteiger partial charge in [0, 0.05) is 22.8 Å². The zero-order chi connectivity index (χ0) is 13.9. The molecule has 0 amide bonds. The van der Waals surface area contributed by atoms with Crippen LogP contribution in [0.25, 0.3) is 0 Å². The second-order valence-electron chi connectivity index (χ2n) is 6.42. The van der Waals surface area contributed by atoms with Crippen molar-refractivity contribution in [1.82, 2.24) is 0 Å². The van der Waals surface area contributed by atoms with Crippen LogP contribution in [0.3, 0.4) is 0 Å². The standard InChI is InChI=1S/C18H26ClN/c1-2-3-4-9-16-17(19)10-6-11-18(16)20-14-7-5-8-15(20)13-12-14/h6,10-11,14-15H,2-5,7-9,12-13H2,1H3. The Morgan fingerprint density at radius 3 is 2.55 bits per heavy atom. The van der Waals surface area contributed by atoms with Gasteiger partial charge in [0.25, 0.3) is 0 Å². The maximum absolute atomic E-state index is 6.52. The lowest BCUT2D eigenvalue weighted by Crippen LogP contribution is -2.40. The van der Waals surface area contributed by atoms with Gasteiger partial charge in [-0.05, 0) is 62.6 Å². The van der Waals surface area contributed by atoms with Gasteiger partial charge in [0.05, 0.1) is 0 Å². The van der Waals surface area contributed by atoms with Crippen molar-refractivity contribution < 1.29 is 0 Å². The zero-order valence-corrected chi connectivity index (χ0v) is 13.3. The fourth-order valence-electron chi connectivity index (χ4n) is 4.10. The van der Waals surface area contributed by atoms with Gasteiger partial charge in [-0.25, -0.2) is 0 Å². The Labute approximate surface area is 128 Å². The molecule has 3 rings (SSSR count). The van der Waals surface area contributed by atoms with Crippen LogP contribution in [-0.2, 0) is 6.42 Å². The lowest BCUT2D eigenvalue weighted by molar-refractivity contribution is 0.467. The van der Waals surface area contributed by atoms with Gasteiger partial charge in [-0.1, -0.05) is 37.4 Å². The lowest BCUT2D eigenvalue weighted by atomic mass is 9.98. The zero-order valence-electron chi connectivity index (χ0n) is 12.6. The fourth-order valence-corrected chi connectivity index (χ4v) is 4.36. The number of unbranched alkanes of at least 4 members (excludes halogenated alkanes) is 2. The predicted molar refractivity (Wildman–Crippen MR) is 87.8 cm³/mol. The maximum atomic E-state index is 6.52. The van der Waals surface area contributed by atoms with Gasteiger partial charge in [-0.3, -0.25) is 0 Å². The van der Waals surface area contributed by atoms with Crippen molar-refractivity contribution in [2.45, 2.75) is 76.8 Å². The molecule has 2 heterocycles. The number of hydrogen-bond acceptors (Lipinski definition) is 1. The first kappa shape index (κ1) is 14.3. The van der Waals surface area contributed by atoms with Crippen LogP contribution in [0.4, 0.5) is 5.69 Å². The summed E-state index contributed by atoms with van der Waals surface area (Å²) in [6.45, 7) is 2.26. The molecular weight excluding hydrogens is 266 g/mol. The van der Waals surface area contributed by atoms with E-state index in [1.807, 2.05) is 0 Å². The van der Waals surface area contributed by atoms with Crippen molar-refractivity contribution in [3.63, 3.8) is 0 Å². The summed E-state index contributed by atoms with van der Waals surface area (Å²) >= 11 is 6.52. The summed E-state index contributed by atoms with van der Waals surface area (Å²) in [6.07, 6.45) is 11.9. The highest BCUT2D eigenvalue weighted by Crippen LogP contribution is 2.42. The van der Waals surface area contributed by atoms with E-state index in [1.165, 1.54) is 62.6 Å². The molecule has 2 bridgehead atoms. The van der Waals surface area contributed by atoms with Crippen molar-refractivity contribution in [2.75, 3.05) is 4.90 Å². The quantitative estimate of drug-likeness (QED) is 0.639. The van der Waals surface area contributed by atoms with Crippen LogP contribution in [0, 0.1) is 0 Å². The number of rotatable bonds is 5. The number of piperidine rings is 1. The highest BCUT2D eigenvalue weighted by molar-refractivity contribution is 6.31. The smallest absolute Gasteiger partial charge is 0.0458 e. The van der Waals surface area contributed by atoms with Crippen molar-refractivity contribution in [3.8, 4) is 0 Å². The Kier molecular flexibility index (Phi) is 4.55. The molecule has 20 heavy (non-hydrogen) atoms. The highest BCUT2D eigenvalue weighted by Gasteiger charge is 2.37. The largest absolute Gasteiger partial charge is 0.365 e. The molecule has 2 heteroatoms. The van der Waals surface area contributed by atoms with E-state index in [4.69, 9.17) is 11.6 Å². The van der Waals surface area contributed by atoms with Crippen molar-refractivity contribution >= 4 is 17.3 Å². The van der Waals surface area contributed by atoms with E-state index in [2.05, 4.69) is 30.0 Å². The van der Waals surface area contributed by atoms with Crippen LogP contribution in [0.2, 0.25) is 5.02 Å². The molecule has 2 unspecified atom stereocenters. The van der Waals surface area contributed by atoms with Crippen LogP contribution in [0.1, 0.15) is 63.9 Å². The van der Waals surface area contributed by atoms with Crippen LogP contribution in [0.5, 0.6) is 0 Å². The third-order valence-corrected chi connectivity index (χ3v) is 5.45. The van der Waals surface area contributed by atoms with Gasteiger partial charge in [-0.15, -0.1) is 0 Å². The minimum Gasteiger partial charge on any atom is -0.365 e. The first-order chi connectivity index (χ1) is 9.81. The van der Waals surface area contributed by atoms with Gasteiger partial charge < -0.3 is 4.90 Å². The summed E-state index contributed by atoms with van der Waals surface area (Å²) in [6, 6.07) is 8.06. The molecule has 2 atom stereocenters. The summed E-state index contributed by atoms with van der Waals surface area (Å²) in [5, 5.41) is 0.976. The SMILES string of the molecule is CCCCCc1c(Cl)cccc1N1C2CCCC1CC2. The summed E-state index contributed by atoms with van der Waals surface area (Å²) in [5.74, 6) is 0. The summed E-state index contributed by atoms with van der Waals surface area (Å²) in [7, 11) is 0. The lowest BCUT2D eigenvalue weighted by Gasteiger charge is -2.38. The van der Waals surface area contributed by atoms with Gasteiger partial charge in [0.2, 0.25) is 0 Å². The summed E-state index contributed by atoms with van der Waals surface area (Å²) in [4.78, 5) is 2.72. The van der Waals surface area contributed by atoms with Gasteiger partial charge in [0.1, 0.15) is 0 Å². The normalized spacial score (nSPS) is 25.2. The summed E-state index contributed by atoms with van der Waals surface area (Å²) < 4.78 is 0. The van der Waals surface area contributed by atoms with E-state index in [0.29, 0.717) is 0 Å². The van der Waals surface area contributed by atoms with E-state index in [-0.39, 0.29) is 0 Å². The number of halogens is 1. The number of fused-ring (bicyclic) bond motifs is 2. The molecule has 2 aliphatic heterocycles. The Bertz CT molecular complexity index is 441. The van der Waals surface area contributed by atoms with E-state index in [0.717, 1.165) is 23.5 Å². The number of nitrogens with zero attached hydrogens (tertiary/aromatic N) is 1. The van der Waals surface area contributed by atoms with Crippen molar-refractivity contribution in [3.05, 3.63) is 28.8 Å². The van der Waals surface area contributed by atoms with E-state index in [9.17, 15) is 0 Å². The molecule has 2 aliphatic rings. The molecule has 0 aliphatic carbocycles. The van der Waals surface area contributed by atoms with E-state index >= 15 is 0 Å². The molecular formula is C18H26ClN. The molecule has 0 saturated carbocycles. The minimum atomic E-state index is 0.775. The number of anilines is 1. The highest BCUT2D eigenvalue weighted by atomic mass is 35.5. The molecule has 2 fully saturated rings. The monoisotopic (exact) mass is 291 g/mol. The first-order valence-electron chi connectivity index (χ1n) is 8.37. The minimum absolute atomic E-state index is 0.775. The molecule has 2 saturated heterocycles. The second-order valence-corrected chi connectivity index (χ2v) is 6.82. The molecule has 110 valence electrons. The number of hydrogen-bond donors (Lipinski definition) is 0. The average Bonchev–Trinajstić information content (AvgIpc) is 2.70. The Balaban J connectivity index is 1.86. The third-order valence-electron chi connectivity index (χ3n) is 5.10.